The highest BCUT2D eigenvalue weighted by molar-refractivity contribution is 7.89. The van der Waals surface area contributed by atoms with Gasteiger partial charge in [0.2, 0.25) is 15.9 Å². The first kappa shape index (κ1) is 18.8. The summed E-state index contributed by atoms with van der Waals surface area (Å²) in [6.45, 7) is 3.86. The van der Waals surface area contributed by atoms with Gasteiger partial charge in [0.25, 0.3) is 0 Å². The van der Waals surface area contributed by atoms with Crippen LogP contribution in [0, 0.1) is 17.2 Å². The first-order chi connectivity index (χ1) is 12.4. The molecule has 0 aliphatic carbocycles. The van der Waals surface area contributed by atoms with E-state index < -0.39 is 10.0 Å². The van der Waals surface area contributed by atoms with E-state index in [1.54, 1.807) is 12.1 Å². The third-order valence-corrected chi connectivity index (χ3v) is 7.20. The number of likely N-dealkylation sites (N-methyl/N-ethyl adjacent to an activating group) is 1. The van der Waals surface area contributed by atoms with Crippen LogP contribution in [0.4, 0.5) is 0 Å². The van der Waals surface area contributed by atoms with E-state index in [0.29, 0.717) is 25.9 Å². The van der Waals surface area contributed by atoms with Crippen molar-refractivity contribution in [2.24, 2.45) is 5.92 Å². The summed E-state index contributed by atoms with van der Waals surface area (Å²) in [5.74, 6) is 0.0311. The highest BCUT2D eigenvalue weighted by Gasteiger charge is 2.35. The molecule has 26 heavy (non-hydrogen) atoms. The number of benzene rings is 1. The lowest BCUT2D eigenvalue weighted by molar-refractivity contribution is -0.138. The van der Waals surface area contributed by atoms with E-state index in [-0.39, 0.29) is 22.3 Å². The predicted octanol–water partition coefficient (Wildman–Crippen LogP) is 0.733. The van der Waals surface area contributed by atoms with Crippen LogP contribution in [0.2, 0.25) is 0 Å². The minimum atomic E-state index is -3.71. The molecule has 0 bridgehead atoms. The fourth-order valence-electron chi connectivity index (χ4n) is 3.55. The van der Waals surface area contributed by atoms with Crippen LogP contribution in [0.3, 0.4) is 0 Å². The molecular weight excluding hydrogens is 352 g/mol. The van der Waals surface area contributed by atoms with E-state index in [9.17, 15) is 18.5 Å². The lowest BCUT2D eigenvalue weighted by Gasteiger charge is -2.37. The summed E-state index contributed by atoms with van der Waals surface area (Å²) in [5, 5.41) is 9.17. The number of rotatable bonds is 3. The summed E-state index contributed by atoms with van der Waals surface area (Å²) in [4.78, 5) is 16.8. The van der Waals surface area contributed by atoms with Crippen LogP contribution >= 0.6 is 0 Å². The van der Waals surface area contributed by atoms with E-state index in [0.717, 1.165) is 26.2 Å². The van der Waals surface area contributed by atoms with Crippen molar-refractivity contribution in [3.05, 3.63) is 29.8 Å². The van der Waals surface area contributed by atoms with Gasteiger partial charge in [-0.2, -0.15) is 9.57 Å². The Balaban J connectivity index is 1.65. The summed E-state index contributed by atoms with van der Waals surface area (Å²) >= 11 is 0. The molecule has 0 N–H and O–H groups in total. The number of amides is 1. The van der Waals surface area contributed by atoms with E-state index in [4.69, 9.17) is 0 Å². The Morgan fingerprint density at radius 2 is 1.69 bits per heavy atom. The molecule has 2 heterocycles. The number of nitriles is 1. The molecule has 2 saturated heterocycles. The first-order valence-corrected chi connectivity index (χ1v) is 10.3. The summed E-state index contributed by atoms with van der Waals surface area (Å²) in [6.07, 6.45) is 1.05. The molecule has 2 aliphatic rings. The quantitative estimate of drug-likeness (QED) is 0.777. The Hall–Kier alpha value is -1.95. The summed E-state index contributed by atoms with van der Waals surface area (Å²) < 4.78 is 27.1. The average molecular weight is 376 g/mol. The minimum Gasteiger partial charge on any atom is -0.340 e. The summed E-state index contributed by atoms with van der Waals surface area (Å²) in [6, 6.07) is 8.20. The van der Waals surface area contributed by atoms with Crippen molar-refractivity contribution in [2.75, 3.05) is 46.3 Å². The van der Waals surface area contributed by atoms with Crippen molar-refractivity contribution in [1.82, 2.24) is 14.1 Å². The summed E-state index contributed by atoms with van der Waals surface area (Å²) in [7, 11) is -1.66. The molecule has 0 atom stereocenters. The standard InChI is InChI=1S/C18H24N4O3S/c1-20-10-12-21(13-11-20)18(23)15-6-8-22(9-7-15)26(24,25)17-5-3-2-4-16(17)14-19/h2-5,15H,6-13H2,1H3. The fourth-order valence-corrected chi connectivity index (χ4v) is 5.16. The molecule has 8 heteroatoms. The third-order valence-electron chi connectivity index (χ3n) is 5.24. The van der Waals surface area contributed by atoms with E-state index in [1.165, 1.54) is 16.4 Å². The summed E-state index contributed by atoms with van der Waals surface area (Å²) in [5.41, 5.74) is 0.156. The fraction of sp³-hybridized carbons (Fsp3) is 0.556. The molecule has 7 nitrogen and oxygen atoms in total. The van der Waals surface area contributed by atoms with Gasteiger partial charge in [-0.05, 0) is 32.0 Å². The van der Waals surface area contributed by atoms with Crippen LogP contribution in [0.1, 0.15) is 18.4 Å². The molecule has 1 aromatic carbocycles. The minimum absolute atomic E-state index is 0.0475. The number of carbonyl (C=O) groups excluding carboxylic acids is 1. The third kappa shape index (κ3) is 3.75. The van der Waals surface area contributed by atoms with Gasteiger partial charge in [0, 0.05) is 45.2 Å². The second-order valence-corrected chi connectivity index (χ2v) is 8.82. The number of carbonyl (C=O) groups is 1. The van der Waals surface area contributed by atoms with E-state index in [1.807, 2.05) is 18.0 Å². The number of hydrogen-bond donors (Lipinski definition) is 0. The van der Waals surface area contributed by atoms with Crippen LogP contribution in [0.25, 0.3) is 0 Å². The second-order valence-electron chi connectivity index (χ2n) is 6.91. The zero-order valence-corrected chi connectivity index (χ0v) is 15.8. The highest BCUT2D eigenvalue weighted by atomic mass is 32.2. The monoisotopic (exact) mass is 376 g/mol. The maximum Gasteiger partial charge on any atom is 0.244 e. The first-order valence-electron chi connectivity index (χ1n) is 8.90. The molecular formula is C18H24N4O3S. The molecule has 0 aromatic heterocycles. The lowest BCUT2D eigenvalue weighted by Crippen LogP contribution is -2.51. The van der Waals surface area contributed by atoms with Gasteiger partial charge in [-0.3, -0.25) is 4.79 Å². The van der Waals surface area contributed by atoms with Crippen molar-refractivity contribution in [2.45, 2.75) is 17.7 Å². The Bertz CT molecular complexity index is 802. The molecule has 2 aliphatic heterocycles. The van der Waals surface area contributed by atoms with Crippen LogP contribution < -0.4 is 0 Å². The van der Waals surface area contributed by atoms with E-state index >= 15 is 0 Å². The SMILES string of the molecule is CN1CCN(C(=O)C2CCN(S(=O)(=O)c3ccccc3C#N)CC2)CC1. The zero-order valence-electron chi connectivity index (χ0n) is 15.0. The van der Waals surface area contributed by atoms with Gasteiger partial charge in [-0.25, -0.2) is 8.42 Å². The largest absolute Gasteiger partial charge is 0.340 e. The maximum absolute atomic E-state index is 12.9. The van der Waals surface area contributed by atoms with Crippen LogP contribution in [-0.4, -0.2) is 74.7 Å². The van der Waals surface area contributed by atoms with E-state index in [2.05, 4.69) is 4.90 Å². The van der Waals surface area contributed by atoms with Gasteiger partial charge in [0.15, 0.2) is 0 Å². The number of nitrogens with zero attached hydrogens (tertiary/aromatic N) is 4. The number of hydrogen-bond acceptors (Lipinski definition) is 5. The van der Waals surface area contributed by atoms with Crippen molar-refractivity contribution >= 4 is 15.9 Å². The Morgan fingerprint density at radius 1 is 1.08 bits per heavy atom. The topological polar surface area (TPSA) is 84.7 Å². The number of sulfonamides is 1. The predicted molar refractivity (Wildman–Crippen MR) is 96.7 cm³/mol. The number of piperidine rings is 1. The number of piperazine rings is 1. The smallest absolute Gasteiger partial charge is 0.244 e. The van der Waals surface area contributed by atoms with Crippen molar-refractivity contribution < 1.29 is 13.2 Å². The lowest BCUT2D eigenvalue weighted by atomic mass is 9.96. The Labute approximate surface area is 154 Å². The molecule has 3 rings (SSSR count). The molecule has 0 saturated carbocycles. The molecule has 0 radical (unpaired) electrons. The molecule has 140 valence electrons. The molecule has 1 amide bonds. The van der Waals surface area contributed by atoms with Gasteiger partial charge in [-0.1, -0.05) is 12.1 Å². The van der Waals surface area contributed by atoms with Gasteiger partial charge in [0.1, 0.15) is 6.07 Å². The van der Waals surface area contributed by atoms with Gasteiger partial charge in [-0.15, -0.1) is 0 Å². The Morgan fingerprint density at radius 3 is 2.31 bits per heavy atom. The highest BCUT2D eigenvalue weighted by Crippen LogP contribution is 2.26. The Kier molecular flexibility index (Phi) is 5.61. The average Bonchev–Trinajstić information content (AvgIpc) is 2.68. The van der Waals surface area contributed by atoms with Crippen molar-refractivity contribution in [3.63, 3.8) is 0 Å². The maximum atomic E-state index is 12.9. The van der Waals surface area contributed by atoms with Crippen molar-refractivity contribution in [3.8, 4) is 6.07 Å². The molecule has 0 spiro atoms. The molecule has 1 aromatic rings. The molecule has 0 unspecified atom stereocenters. The van der Waals surface area contributed by atoms with Gasteiger partial charge in [0.05, 0.1) is 10.5 Å². The van der Waals surface area contributed by atoms with Gasteiger partial charge < -0.3 is 9.80 Å². The van der Waals surface area contributed by atoms with Crippen LogP contribution in [0.15, 0.2) is 29.2 Å². The van der Waals surface area contributed by atoms with Gasteiger partial charge >= 0.3 is 0 Å². The second kappa shape index (κ2) is 7.74. The van der Waals surface area contributed by atoms with Crippen molar-refractivity contribution in [1.29, 1.82) is 5.26 Å². The zero-order chi connectivity index (χ0) is 18.7. The normalized spacial score (nSPS) is 20.7. The van der Waals surface area contributed by atoms with Crippen LogP contribution in [-0.2, 0) is 14.8 Å². The molecule has 2 fully saturated rings. The van der Waals surface area contributed by atoms with Crippen LogP contribution in [0.5, 0.6) is 0 Å².